The van der Waals surface area contributed by atoms with Crippen LogP contribution in [-0.4, -0.2) is 50.4 Å². The Labute approximate surface area is 153 Å². The van der Waals surface area contributed by atoms with Gasteiger partial charge in [-0.05, 0) is 31.2 Å². The van der Waals surface area contributed by atoms with E-state index in [4.69, 9.17) is 0 Å². The van der Waals surface area contributed by atoms with Crippen molar-refractivity contribution in [2.45, 2.75) is 30.8 Å². The summed E-state index contributed by atoms with van der Waals surface area (Å²) < 4.78 is 30.6. The molecule has 0 unspecified atom stereocenters. The molecule has 138 valence electrons. The van der Waals surface area contributed by atoms with Gasteiger partial charge < -0.3 is 4.57 Å². The Kier molecular flexibility index (Phi) is 4.16. The summed E-state index contributed by atoms with van der Waals surface area (Å²) in [4.78, 5) is 16.7. The van der Waals surface area contributed by atoms with Crippen LogP contribution in [0.2, 0.25) is 0 Å². The Morgan fingerprint density at radius 1 is 1.27 bits per heavy atom. The summed E-state index contributed by atoms with van der Waals surface area (Å²) >= 11 is 1.35. The van der Waals surface area contributed by atoms with E-state index in [-0.39, 0.29) is 16.6 Å². The summed E-state index contributed by atoms with van der Waals surface area (Å²) in [5.41, 5.74) is 0.438. The molecule has 1 aliphatic rings. The molecule has 9 nitrogen and oxygen atoms in total. The molecule has 1 saturated heterocycles. The number of rotatable bonds is 3. The van der Waals surface area contributed by atoms with Gasteiger partial charge in [0, 0.05) is 26.3 Å². The van der Waals surface area contributed by atoms with Crippen molar-refractivity contribution in [3.63, 3.8) is 0 Å². The molecule has 4 rings (SSSR count). The highest BCUT2D eigenvalue weighted by molar-refractivity contribution is 7.89. The van der Waals surface area contributed by atoms with E-state index in [9.17, 15) is 13.2 Å². The largest absolute Gasteiger partial charge is 0.337 e. The summed E-state index contributed by atoms with van der Waals surface area (Å²) in [6, 6.07) is 1.61. The number of thiophene rings is 1. The first-order valence-corrected chi connectivity index (χ1v) is 10.5. The third-order valence-electron chi connectivity index (χ3n) is 4.76. The van der Waals surface area contributed by atoms with Crippen molar-refractivity contribution in [2.75, 3.05) is 13.1 Å². The number of sulfonamides is 1. The van der Waals surface area contributed by atoms with Crippen LogP contribution in [0.3, 0.4) is 0 Å². The van der Waals surface area contributed by atoms with Gasteiger partial charge >= 0.3 is 0 Å². The van der Waals surface area contributed by atoms with Crippen LogP contribution in [0.25, 0.3) is 10.2 Å². The molecular formula is C15H18N6O3S2. The third-order valence-corrected chi connectivity index (χ3v) is 7.42. The number of imidazole rings is 1. The molecule has 0 radical (unpaired) electrons. The number of nitrogens with zero attached hydrogens (tertiary/aromatic N) is 6. The molecule has 3 aromatic heterocycles. The van der Waals surface area contributed by atoms with Crippen LogP contribution in [0.4, 0.5) is 0 Å². The van der Waals surface area contributed by atoms with Crippen molar-refractivity contribution in [1.29, 1.82) is 0 Å². The number of fused-ring (bicyclic) bond motifs is 1. The highest BCUT2D eigenvalue weighted by Gasteiger charge is 2.32. The van der Waals surface area contributed by atoms with Gasteiger partial charge in [-0.2, -0.15) is 4.31 Å². The van der Waals surface area contributed by atoms with E-state index in [1.54, 1.807) is 24.6 Å². The molecule has 0 spiro atoms. The topological polar surface area (TPSA) is 103 Å². The average molecular weight is 394 g/mol. The predicted molar refractivity (Wildman–Crippen MR) is 96.6 cm³/mol. The van der Waals surface area contributed by atoms with Gasteiger partial charge in [-0.25, -0.2) is 18.1 Å². The van der Waals surface area contributed by atoms with E-state index in [1.165, 1.54) is 26.5 Å². The molecule has 0 atom stereocenters. The quantitative estimate of drug-likeness (QED) is 0.654. The normalized spacial score (nSPS) is 17.2. The Hall–Kier alpha value is -2.11. The maximum atomic E-state index is 12.8. The molecule has 0 aromatic carbocycles. The molecule has 3 aromatic rings. The lowest BCUT2D eigenvalue weighted by molar-refractivity contribution is 0.251. The van der Waals surface area contributed by atoms with Crippen LogP contribution >= 0.6 is 11.3 Å². The lowest BCUT2D eigenvalue weighted by Crippen LogP contribution is -2.41. The zero-order valence-electron chi connectivity index (χ0n) is 14.4. The van der Waals surface area contributed by atoms with Gasteiger partial charge in [0.15, 0.2) is 5.03 Å². The third kappa shape index (κ3) is 2.75. The Bertz CT molecular complexity index is 1100. The van der Waals surface area contributed by atoms with Gasteiger partial charge in [-0.1, -0.05) is 5.21 Å². The summed E-state index contributed by atoms with van der Waals surface area (Å²) in [6.45, 7) is 2.40. The number of aromatic nitrogens is 5. The number of aryl methyl sites for hydroxylation is 2. The first-order chi connectivity index (χ1) is 12.4. The number of hydrogen-bond acceptors (Lipinski definition) is 7. The van der Waals surface area contributed by atoms with Gasteiger partial charge in [-0.15, -0.1) is 16.4 Å². The monoisotopic (exact) mass is 394 g/mol. The fourth-order valence-electron chi connectivity index (χ4n) is 3.13. The van der Waals surface area contributed by atoms with Crippen molar-refractivity contribution in [2.24, 2.45) is 7.05 Å². The summed E-state index contributed by atoms with van der Waals surface area (Å²) in [6.07, 6.45) is 2.55. The van der Waals surface area contributed by atoms with Gasteiger partial charge in [0.25, 0.3) is 15.6 Å². The van der Waals surface area contributed by atoms with Gasteiger partial charge in [0.2, 0.25) is 0 Å². The molecule has 1 fully saturated rings. The highest BCUT2D eigenvalue weighted by atomic mass is 32.2. The minimum absolute atomic E-state index is 0.0629. The van der Waals surface area contributed by atoms with E-state index < -0.39 is 10.0 Å². The van der Waals surface area contributed by atoms with Crippen molar-refractivity contribution < 1.29 is 8.42 Å². The summed E-state index contributed by atoms with van der Waals surface area (Å²) in [5, 5.41) is 10.0. The Balaban J connectivity index is 1.55. The lowest BCUT2D eigenvalue weighted by atomic mass is 10.1. The molecule has 11 heteroatoms. The van der Waals surface area contributed by atoms with E-state index in [1.807, 2.05) is 5.38 Å². The molecular weight excluding hydrogens is 376 g/mol. The van der Waals surface area contributed by atoms with E-state index in [2.05, 4.69) is 15.3 Å². The maximum absolute atomic E-state index is 12.8. The molecule has 1 aliphatic heterocycles. The summed E-state index contributed by atoms with van der Waals surface area (Å²) in [5.74, 6) is 0.643. The number of hydrogen-bond donors (Lipinski definition) is 0. The second kappa shape index (κ2) is 6.25. The van der Waals surface area contributed by atoms with E-state index in [0.29, 0.717) is 42.0 Å². The minimum atomic E-state index is -3.63. The first kappa shape index (κ1) is 17.3. The van der Waals surface area contributed by atoms with Gasteiger partial charge in [-0.3, -0.25) is 4.79 Å². The molecule has 0 bridgehead atoms. The van der Waals surface area contributed by atoms with E-state index >= 15 is 0 Å². The molecule has 0 saturated carbocycles. The van der Waals surface area contributed by atoms with Crippen molar-refractivity contribution in [3.8, 4) is 0 Å². The highest BCUT2D eigenvalue weighted by Crippen LogP contribution is 2.26. The van der Waals surface area contributed by atoms with Crippen LogP contribution in [-0.2, 0) is 17.1 Å². The first-order valence-electron chi connectivity index (χ1n) is 8.21. The van der Waals surface area contributed by atoms with Crippen molar-refractivity contribution >= 4 is 31.6 Å². The van der Waals surface area contributed by atoms with Crippen molar-refractivity contribution in [1.82, 2.24) is 28.9 Å². The van der Waals surface area contributed by atoms with Gasteiger partial charge in [0.1, 0.15) is 16.0 Å². The molecule has 4 heterocycles. The van der Waals surface area contributed by atoms with Crippen LogP contribution in [0, 0.1) is 6.92 Å². The smallest absolute Gasteiger partial charge is 0.287 e. The lowest BCUT2D eigenvalue weighted by Gasteiger charge is -2.30. The fourth-order valence-corrected chi connectivity index (χ4v) is 5.38. The van der Waals surface area contributed by atoms with Crippen LogP contribution in [0.5, 0.6) is 0 Å². The zero-order chi connectivity index (χ0) is 18.5. The molecule has 0 N–H and O–H groups in total. The average Bonchev–Trinajstić information content (AvgIpc) is 3.23. The Morgan fingerprint density at radius 3 is 2.65 bits per heavy atom. The van der Waals surface area contributed by atoms with Gasteiger partial charge in [0.05, 0.1) is 6.04 Å². The molecule has 0 aliphatic carbocycles. The second-order valence-electron chi connectivity index (χ2n) is 6.35. The Morgan fingerprint density at radius 2 is 2.00 bits per heavy atom. The second-order valence-corrected chi connectivity index (χ2v) is 9.15. The molecule has 0 amide bonds. The van der Waals surface area contributed by atoms with Crippen LogP contribution < -0.4 is 5.56 Å². The minimum Gasteiger partial charge on any atom is -0.337 e. The summed E-state index contributed by atoms with van der Waals surface area (Å²) in [7, 11) is -1.86. The SMILES string of the molecule is Cc1nc(S(=O)(=O)N2CCC(n3nnc4ccsc4c3=O)CC2)cn1C. The zero-order valence-corrected chi connectivity index (χ0v) is 16.0. The number of piperidine rings is 1. The fraction of sp³-hybridized carbons (Fsp3) is 0.467. The van der Waals surface area contributed by atoms with Crippen LogP contribution in [0.15, 0.2) is 27.5 Å². The van der Waals surface area contributed by atoms with E-state index in [0.717, 1.165) is 0 Å². The van der Waals surface area contributed by atoms with Crippen molar-refractivity contribution in [3.05, 3.63) is 33.8 Å². The molecule has 26 heavy (non-hydrogen) atoms. The standard InChI is InChI=1S/C15H18N6O3S2/c1-10-16-13(9-19(10)2)26(23,24)20-6-3-11(4-7-20)21-15(22)14-12(17-18-21)5-8-25-14/h5,8-9,11H,3-4,6-7H2,1-2H3. The predicted octanol–water partition coefficient (Wildman–Crippen LogP) is 0.921. The maximum Gasteiger partial charge on any atom is 0.287 e. The van der Waals surface area contributed by atoms with Crippen LogP contribution in [0.1, 0.15) is 24.7 Å².